The molecule has 0 aliphatic carbocycles. The molecule has 0 bridgehead atoms. The zero-order valence-corrected chi connectivity index (χ0v) is 14.9. The molecule has 0 unspecified atom stereocenters. The van der Waals surface area contributed by atoms with Crippen LogP contribution in [0.15, 0.2) is 84.9 Å². The van der Waals surface area contributed by atoms with Gasteiger partial charge < -0.3 is 5.73 Å². The lowest BCUT2D eigenvalue weighted by atomic mass is 9.84. The summed E-state index contributed by atoms with van der Waals surface area (Å²) in [5.41, 5.74) is 9.38. The molecule has 3 aromatic carbocycles. The highest BCUT2D eigenvalue weighted by Crippen LogP contribution is 2.50. The highest BCUT2D eigenvalue weighted by molar-refractivity contribution is 8.00. The minimum Gasteiger partial charge on any atom is -0.330 e. The van der Waals surface area contributed by atoms with Crippen molar-refractivity contribution in [1.29, 1.82) is 0 Å². The van der Waals surface area contributed by atoms with Crippen LogP contribution in [-0.4, -0.2) is 12.3 Å². The van der Waals surface area contributed by atoms with Gasteiger partial charge in [0.2, 0.25) is 0 Å². The molecule has 0 fully saturated rings. The Bertz CT molecular complexity index is 735. The van der Waals surface area contributed by atoms with Gasteiger partial charge in [-0.15, -0.1) is 11.8 Å². The fourth-order valence-corrected chi connectivity index (χ4v) is 4.72. The quantitative estimate of drug-likeness (QED) is 0.606. The lowest BCUT2D eigenvalue weighted by Crippen LogP contribution is -2.27. The molecule has 0 saturated heterocycles. The number of benzene rings is 3. The minimum atomic E-state index is -0.375. The molecule has 0 heterocycles. The van der Waals surface area contributed by atoms with Crippen molar-refractivity contribution in [3.63, 3.8) is 0 Å². The van der Waals surface area contributed by atoms with E-state index in [0.717, 1.165) is 16.3 Å². The van der Waals surface area contributed by atoms with E-state index in [1.807, 2.05) is 42.1 Å². The van der Waals surface area contributed by atoms with Crippen LogP contribution in [0, 0.1) is 0 Å². The maximum Gasteiger partial charge on any atom is 0.0921 e. The maximum atomic E-state index is 6.64. The molecule has 3 aromatic rings. The molecule has 0 aliphatic rings. The highest BCUT2D eigenvalue weighted by atomic mass is 35.5. The smallest absolute Gasteiger partial charge is 0.0921 e. The Labute approximate surface area is 152 Å². The van der Waals surface area contributed by atoms with Gasteiger partial charge in [-0.25, -0.2) is 0 Å². The molecule has 1 nitrogen and oxygen atoms in total. The molecule has 0 radical (unpaired) electrons. The van der Waals surface area contributed by atoms with Crippen molar-refractivity contribution in [2.75, 3.05) is 12.3 Å². The van der Waals surface area contributed by atoms with Crippen molar-refractivity contribution in [3.8, 4) is 0 Å². The van der Waals surface area contributed by atoms with Gasteiger partial charge >= 0.3 is 0 Å². The molecule has 0 amide bonds. The van der Waals surface area contributed by atoms with E-state index in [2.05, 4.69) is 54.6 Å². The van der Waals surface area contributed by atoms with Crippen LogP contribution in [0.2, 0.25) is 5.02 Å². The van der Waals surface area contributed by atoms with Gasteiger partial charge in [0.05, 0.1) is 4.75 Å². The minimum absolute atomic E-state index is 0.375. The second kappa shape index (κ2) is 7.89. The highest BCUT2D eigenvalue weighted by Gasteiger charge is 2.38. The Hall–Kier alpha value is -1.74. The van der Waals surface area contributed by atoms with Crippen molar-refractivity contribution in [3.05, 3.63) is 107 Å². The molecule has 0 atom stereocenters. The third-order valence-corrected chi connectivity index (χ3v) is 5.94. The summed E-state index contributed by atoms with van der Waals surface area (Å²) in [5, 5.41) is 0.773. The SMILES string of the molecule is NCCSC(c1ccccc1)(c1ccccc1)c1ccccc1Cl. The van der Waals surface area contributed by atoms with Gasteiger partial charge in [0.15, 0.2) is 0 Å². The molecule has 3 rings (SSSR count). The Morgan fingerprint density at radius 2 is 1.25 bits per heavy atom. The van der Waals surface area contributed by atoms with Gasteiger partial charge in [-0.3, -0.25) is 0 Å². The van der Waals surface area contributed by atoms with Gasteiger partial charge in [0, 0.05) is 17.3 Å². The van der Waals surface area contributed by atoms with Crippen LogP contribution in [0.1, 0.15) is 16.7 Å². The van der Waals surface area contributed by atoms with Crippen LogP contribution >= 0.6 is 23.4 Å². The van der Waals surface area contributed by atoms with E-state index < -0.39 is 0 Å². The molecule has 0 aliphatic heterocycles. The first-order valence-electron chi connectivity index (χ1n) is 7.99. The lowest BCUT2D eigenvalue weighted by Gasteiger charge is -2.36. The monoisotopic (exact) mass is 353 g/mol. The molecular weight excluding hydrogens is 334 g/mol. The first kappa shape index (κ1) is 17.1. The van der Waals surface area contributed by atoms with E-state index in [1.54, 1.807) is 0 Å². The van der Waals surface area contributed by atoms with E-state index >= 15 is 0 Å². The van der Waals surface area contributed by atoms with Crippen LogP contribution in [-0.2, 0) is 4.75 Å². The first-order valence-corrected chi connectivity index (χ1v) is 9.35. The Morgan fingerprint density at radius 1 is 0.750 bits per heavy atom. The van der Waals surface area contributed by atoms with E-state index in [9.17, 15) is 0 Å². The molecule has 3 heteroatoms. The summed E-state index contributed by atoms with van der Waals surface area (Å²) in [5.74, 6) is 0.842. The van der Waals surface area contributed by atoms with Gasteiger partial charge in [0.25, 0.3) is 0 Å². The summed E-state index contributed by atoms with van der Waals surface area (Å²) in [6, 6.07) is 29.1. The van der Waals surface area contributed by atoms with Crippen LogP contribution < -0.4 is 5.73 Å². The summed E-state index contributed by atoms with van der Waals surface area (Å²) >= 11 is 8.48. The lowest BCUT2D eigenvalue weighted by molar-refractivity contribution is 0.892. The van der Waals surface area contributed by atoms with Crippen LogP contribution in [0.3, 0.4) is 0 Å². The number of hydrogen-bond donors (Lipinski definition) is 1. The summed E-state index contributed by atoms with van der Waals surface area (Å²) in [4.78, 5) is 0. The van der Waals surface area contributed by atoms with Gasteiger partial charge in [-0.1, -0.05) is 90.5 Å². The second-order valence-corrected chi connectivity index (χ2v) is 7.25. The van der Waals surface area contributed by atoms with Crippen molar-refractivity contribution in [1.82, 2.24) is 0 Å². The third kappa shape index (κ3) is 3.23. The van der Waals surface area contributed by atoms with E-state index in [-0.39, 0.29) is 4.75 Å². The molecular formula is C21H20ClNS. The zero-order valence-electron chi connectivity index (χ0n) is 13.4. The van der Waals surface area contributed by atoms with Gasteiger partial charge in [-0.2, -0.15) is 0 Å². The normalized spacial score (nSPS) is 11.4. The number of halogens is 1. The molecule has 0 saturated carbocycles. The number of rotatable bonds is 6. The van der Waals surface area contributed by atoms with Gasteiger partial charge in [-0.05, 0) is 22.8 Å². The largest absolute Gasteiger partial charge is 0.330 e. The molecule has 24 heavy (non-hydrogen) atoms. The third-order valence-electron chi connectivity index (χ3n) is 4.05. The van der Waals surface area contributed by atoms with Crippen LogP contribution in [0.25, 0.3) is 0 Å². The second-order valence-electron chi connectivity index (χ2n) is 5.53. The fourth-order valence-electron chi connectivity index (χ4n) is 3.03. The number of thioether (sulfide) groups is 1. The van der Waals surface area contributed by atoms with E-state index in [4.69, 9.17) is 17.3 Å². The number of nitrogens with two attached hydrogens (primary N) is 1. The van der Waals surface area contributed by atoms with Crippen LogP contribution in [0.5, 0.6) is 0 Å². The standard InChI is InChI=1S/C21H20ClNS/c22-20-14-8-7-13-19(20)21(24-16-15-23,17-9-3-1-4-10-17)18-11-5-2-6-12-18/h1-14H,15-16,23H2. The Morgan fingerprint density at radius 3 is 1.75 bits per heavy atom. The molecule has 2 N–H and O–H groups in total. The predicted octanol–water partition coefficient (Wildman–Crippen LogP) is 5.32. The van der Waals surface area contributed by atoms with Crippen molar-refractivity contribution >= 4 is 23.4 Å². The first-order chi connectivity index (χ1) is 11.8. The van der Waals surface area contributed by atoms with E-state index in [0.29, 0.717) is 6.54 Å². The Balaban J connectivity index is 2.31. The summed E-state index contributed by atoms with van der Waals surface area (Å²) in [6.45, 7) is 0.622. The van der Waals surface area contributed by atoms with Crippen molar-refractivity contribution in [2.24, 2.45) is 5.73 Å². The molecule has 122 valence electrons. The number of hydrogen-bond acceptors (Lipinski definition) is 2. The average Bonchev–Trinajstić information content (AvgIpc) is 2.65. The summed E-state index contributed by atoms with van der Waals surface area (Å²) in [6.07, 6.45) is 0. The van der Waals surface area contributed by atoms with Gasteiger partial charge in [0.1, 0.15) is 0 Å². The summed E-state index contributed by atoms with van der Waals surface area (Å²) < 4.78 is -0.375. The summed E-state index contributed by atoms with van der Waals surface area (Å²) in [7, 11) is 0. The fraction of sp³-hybridized carbons (Fsp3) is 0.143. The zero-order chi connectivity index (χ0) is 16.8. The molecule has 0 spiro atoms. The van der Waals surface area contributed by atoms with E-state index in [1.165, 1.54) is 11.1 Å². The molecule has 0 aromatic heterocycles. The average molecular weight is 354 g/mol. The predicted molar refractivity (Wildman–Crippen MR) is 106 cm³/mol. The Kier molecular flexibility index (Phi) is 5.62. The van der Waals surface area contributed by atoms with Crippen molar-refractivity contribution < 1.29 is 0 Å². The maximum absolute atomic E-state index is 6.64. The van der Waals surface area contributed by atoms with Crippen molar-refractivity contribution in [2.45, 2.75) is 4.75 Å². The topological polar surface area (TPSA) is 26.0 Å². The van der Waals surface area contributed by atoms with Crippen LogP contribution in [0.4, 0.5) is 0 Å².